The van der Waals surface area contributed by atoms with Gasteiger partial charge in [-0.05, 0) is 48.6 Å². The molecule has 1 aromatic carbocycles. The second kappa shape index (κ2) is 8.61. The molecule has 1 fully saturated rings. The van der Waals surface area contributed by atoms with Crippen molar-refractivity contribution in [2.24, 2.45) is 0 Å². The molecular weight excluding hydrogens is 428 g/mol. The SMILES string of the molecule is COCc1ccc(NC(=O)c2nc(N)c3c(C#Cc4ccccn4)c(C4(C)CC4)[nH]c3n2)cc1. The van der Waals surface area contributed by atoms with Gasteiger partial charge in [0.15, 0.2) is 0 Å². The molecule has 4 N–H and O–H groups in total. The molecule has 0 unspecified atom stereocenters. The van der Waals surface area contributed by atoms with Crippen LogP contribution in [0.15, 0.2) is 48.7 Å². The number of nitrogens with one attached hydrogen (secondary N) is 2. The Balaban J connectivity index is 1.50. The molecule has 3 heterocycles. The van der Waals surface area contributed by atoms with Crippen LogP contribution in [0.1, 0.15) is 52.9 Å². The summed E-state index contributed by atoms with van der Waals surface area (Å²) in [5.41, 5.74) is 10.9. The van der Waals surface area contributed by atoms with E-state index in [1.54, 1.807) is 25.4 Å². The molecule has 0 spiro atoms. The quantitative estimate of drug-likeness (QED) is 0.397. The molecule has 0 radical (unpaired) electrons. The molecule has 0 saturated heterocycles. The van der Waals surface area contributed by atoms with Crippen molar-refractivity contribution in [2.75, 3.05) is 18.2 Å². The molecule has 1 aliphatic carbocycles. The Hall–Kier alpha value is -4.22. The Morgan fingerprint density at radius 1 is 1.18 bits per heavy atom. The molecule has 1 amide bonds. The number of amides is 1. The zero-order valence-corrected chi connectivity index (χ0v) is 19.0. The van der Waals surface area contributed by atoms with Crippen LogP contribution < -0.4 is 11.1 Å². The average Bonchev–Trinajstić information content (AvgIpc) is 3.47. The van der Waals surface area contributed by atoms with Crippen LogP contribution in [-0.2, 0) is 16.8 Å². The lowest BCUT2D eigenvalue weighted by Crippen LogP contribution is -2.16. The first-order valence-electron chi connectivity index (χ1n) is 11.0. The topological polar surface area (TPSA) is 119 Å². The van der Waals surface area contributed by atoms with E-state index < -0.39 is 5.91 Å². The number of aromatic nitrogens is 4. The molecule has 3 aromatic heterocycles. The summed E-state index contributed by atoms with van der Waals surface area (Å²) in [5.74, 6) is 6.10. The highest BCUT2D eigenvalue weighted by Crippen LogP contribution is 2.49. The fourth-order valence-electron chi connectivity index (χ4n) is 3.84. The van der Waals surface area contributed by atoms with E-state index in [2.05, 4.69) is 44.0 Å². The van der Waals surface area contributed by atoms with Crippen molar-refractivity contribution < 1.29 is 9.53 Å². The number of benzene rings is 1. The first-order valence-corrected chi connectivity index (χ1v) is 11.0. The lowest BCUT2D eigenvalue weighted by Gasteiger charge is -2.07. The minimum Gasteiger partial charge on any atom is -0.383 e. The van der Waals surface area contributed by atoms with Gasteiger partial charge >= 0.3 is 0 Å². The summed E-state index contributed by atoms with van der Waals surface area (Å²) in [5, 5.41) is 3.45. The van der Waals surface area contributed by atoms with Crippen molar-refractivity contribution in [3.63, 3.8) is 0 Å². The van der Waals surface area contributed by atoms with Gasteiger partial charge in [0.1, 0.15) is 17.2 Å². The average molecular weight is 453 g/mol. The second-order valence-electron chi connectivity index (χ2n) is 8.64. The van der Waals surface area contributed by atoms with Gasteiger partial charge in [-0.3, -0.25) is 4.79 Å². The van der Waals surface area contributed by atoms with Crippen molar-refractivity contribution in [1.82, 2.24) is 19.9 Å². The number of carbonyl (C=O) groups excluding carboxylic acids is 1. The van der Waals surface area contributed by atoms with Crippen molar-refractivity contribution >= 4 is 28.4 Å². The number of nitrogens with zero attached hydrogens (tertiary/aromatic N) is 3. The highest BCUT2D eigenvalue weighted by atomic mass is 16.5. The number of aromatic amines is 1. The number of nitrogens with two attached hydrogens (primary N) is 1. The molecule has 8 nitrogen and oxygen atoms in total. The number of carbonyl (C=O) groups is 1. The Morgan fingerprint density at radius 3 is 2.65 bits per heavy atom. The van der Waals surface area contributed by atoms with Crippen molar-refractivity contribution in [3.8, 4) is 11.8 Å². The second-order valence-corrected chi connectivity index (χ2v) is 8.64. The van der Waals surface area contributed by atoms with Gasteiger partial charge in [0.2, 0.25) is 5.82 Å². The number of nitrogen functional groups attached to an aromatic ring is 1. The van der Waals surface area contributed by atoms with Crippen molar-refractivity contribution in [1.29, 1.82) is 0 Å². The van der Waals surface area contributed by atoms with Gasteiger partial charge in [0, 0.05) is 30.1 Å². The fourth-order valence-corrected chi connectivity index (χ4v) is 3.84. The third-order valence-electron chi connectivity index (χ3n) is 5.99. The molecule has 1 aliphatic rings. The maximum atomic E-state index is 12.9. The summed E-state index contributed by atoms with van der Waals surface area (Å²) in [6.45, 7) is 2.68. The van der Waals surface area contributed by atoms with Gasteiger partial charge in [-0.2, -0.15) is 0 Å². The van der Waals surface area contributed by atoms with E-state index >= 15 is 0 Å². The third-order valence-corrected chi connectivity index (χ3v) is 5.99. The van der Waals surface area contributed by atoms with E-state index in [-0.39, 0.29) is 17.1 Å². The summed E-state index contributed by atoms with van der Waals surface area (Å²) < 4.78 is 5.12. The number of anilines is 2. The molecule has 170 valence electrons. The number of hydrogen-bond donors (Lipinski definition) is 3. The Morgan fingerprint density at radius 2 is 1.97 bits per heavy atom. The van der Waals surface area contributed by atoms with Gasteiger partial charge < -0.3 is 20.8 Å². The van der Waals surface area contributed by atoms with E-state index in [4.69, 9.17) is 10.5 Å². The Kier molecular flexibility index (Phi) is 5.48. The van der Waals surface area contributed by atoms with Crippen LogP contribution in [-0.4, -0.2) is 33.0 Å². The molecule has 0 atom stereocenters. The summed E-state index contributed by atoms with van der Waals surface area (Å²) in [4.78, 5) is 29.3. The number of pyridine rings is 1. The Bertz CT molecular complexity index is 1430. The van der Waals surface area contributed by atoms with E-state index in [1.807, 2.05) is 30.3 Å². The van der Waals surface area contributed by atoms with Gasteiger partial charge in [0.25, 0.3) is 5.91 Å². The molecule has 1 saturated carbocycles. The summed E-state index contributed by atoms with van der Waals surface area (Å²) in [7, 11) is 1.64. The predicted molar refractivity (Wildman–Crippen MR) is 130 cm³/mol. The largest absolute Gasteiger partial charge is 0.383 e. The molecule has 0 aliphatic heterocycles. The molecular formula is C26H24N6O2. The minimum absolute atomic E-state index is 0.0102. The standard InChI is InChI=1S/C26H24N6O2/c1-26(12-13-26)21-19(11-10-17-5-3-4-14-28-17)20-22(27)31-24(32-23(20)30-21)25(33)29-18-8-6-16(7-9-18)15-34-2/h3-9,14H,12-13,15H2,1-2H3,(H,29,33)(H3,27,30,31,32). The monoisotopic (exact) mass is 452 g/mol. The number of fused-ring (bicyclic) bond motifs is 1. The number of hydrogen-bond acceptors (Lipinski definition) is 6. The normalized spacial score (nSPS) is 13.8. The molecule has 34 heavy (non-hydrogen) atoms. The zero-order chi connectivity index (χ0) is 23.7. The van der Waals surface area contributed by atoms with Crippen LogP contribution in [0.2, 0.25) is 0 Å². The fraction of sp³-hybridized carbons (Fsp3) is 0.231. The van der Waals surface area contributed by atoms with Crippen molar-refractivity contribution in [3.05, 3.63) is 77.0 Å². The molecule has 0 bridgehead atoms. The van der Waals surface area contributed by atoms with Crippen LogP contribution >= 0.6 is 0 Å². The van der Waals surface area contributed by atoms with Crippen LogP contribution in [0, 0.1) is 11.8 Å². The van der Waals surface area contributed by atoms with E-state index in [1.165, 1.54) is 0 Å². The number of methoxy groups -OCH3 is 1. The lowest BCUT2D eigenvalue weighted by atomic mass is 10.00. The lowest BCUT2D eigenvalue weighted by molar-refractivity contribution is 0.101. The molecule has 4 aromatic rings. The van der Waals surface area contributed by atoms with Gasteiger partial charge in [-0.25, -0.2) is 15.0 Å². The predicted octanol–water partition coefficient (Wildman–Crippen LogP) is 3.79. The number of H-pyrrole nitrogens is 1. The van der Waals surface area contributed by atoms with Gasteiger partial charge in [0.05, 0.1) is 17.6 Å². The van der Waals surface area contributed by atoms with Gasteiger partial charge in [-0.1, -0.05) is 31.0 Å². The van der Waals surface area contributed by atoms with Gasteiger partial charge in [-0.15, -0.1) is 0 Å². The number of ether oxygens (including phenoxy) is 1. The highest BCUT2D eigenvalue weighted by molar-refractivity contribution is 6.04. The first kappa shape index (κ1) is 21.6. The smallest absolute Gasteiger partial charge is 0.293 e. The van der Waals surface area contributed by atoms with Crippen LogP contribution in [0.4, 0.5) is 11.5 Å². The molecule has 5 rings (SSSR count). The maximum Gasteiger partial charge on any atom is 0.293 e. The number of rotatable bonds is 5. The third kappa shape index (κ3) is 4.21. The first-order chi connectivity index (χ1) is 16.5. The Labute approximate surface area is 197 Å². The summed E-state index contributed by atoms with van der Waals surface area (Å²) in [6, 6.07) is 13.0. The zero-order valence-electron chi connectivity index (χ0n) is 19.0. The summed E-state index contributed by atoms with van der Waals surface area (Å²) in [6.07, 6.45) is 3.78. The van der Waals surface area contributed by atoms with E-state index in [0.29, 0.717) is 29.0 Å². The molecule has 8 heteroatoms. The van der Waals surface area contributed by atoms with Crippen LogP contribution in [0.3, 0.4) is 0 Å². The highest BCUT2D eigenvalue weighted by Gasteiger charge is 2.43. The minimum atomic E-state index is -0.442. The summed E-state index contributed by atoms with van der Waals surface area (Å²) >= 11 is 0. The van der Waals surface area contributed by atoms with E-state index in [9.17, 15) is 4.79 Å². The maximum absolute atomic E-state index is 12.9. The van der Waals surface area contributed by atoms with E-state index in [0.717, 1.165) is 29.7 Å². The van der Waals surface area contributed by atoms with Crippen molar-refractivity contribution in [2.45, 2.75) is 31.8 Å². The van der Waals surface area contributed by atoms with Crippen LogP contribution in [0.5, 0.6) is 0 Å². The van der Waals surface area contributed by atoms with Crippen LogP contribution in [0.25, 0.3) is 11.0 Å².